The predicted molar refractivity (Wildman–Crippen MR) is 78.3 cm³/mol. The van der Waals surface area contributed by atoms with Crippen LogP contribution >= 0.6 is 0 Å². The molecule has 0 aliphatic carbocycles. The number of rotatable bonds is 3. The molecule has 18 heavy (non-hydrogen) atoms. The fourth-order valence-corrected chi connectivity index (χ4v) is 2.44. The maximum Gasteiger partial charge on any atom is 0.138 e. The number of benzene rings is 1. The third-order valence-corrected chi connectivity index (χ3v) is 2.75. The van der Waals surface area contributed by atoms with Crippen molar-refractivity contribution in [2.75, 3.05) is 6.54 Å². The minimum Gasteiger partial charge on any atom is -0.332 e. The first kappa shape index (κ1) is 14.8. The topological polar surface area (TPSA) is 16.6 Å². The van der Waals surface area contributed by atoms with Gasteiger partial charge in [-0.3, -0.25) is 0 Å². The molecule has 0 fully saturated rings. The minimum atomic E-state index is 0.254. The van der Waals surface area contributed by atoms with E-state index in [9.17, 15) is 0 Å². The number of hydrogen-bond donors (Lipinski definition) is 1. The van der Waals surface area contributed by atoms with Crippen LogP contribution in [0.25, 0.3) is 0 Å². The van der Waals surface area contributed by atoms with Gasteiger partial charge in [-0.2, -0.15) is 0 Å². The van der Waals surface area contributed by atoms with Crippen LogP contribution in [-0.4, -0.2) is 12.1 Å². The van der Waals surface area contributed by atoms with Crippen molar-refractivity contribution >= 4 is 0 Å². The van der Waals surface area contributed by atoms with Gasteiger partial charge in [-0.25, -0.2) is 0 Å². The Morgan fingerprint density at radius 2 is 1.61 bits per heavy atom. The van der Waals surface area contributed by atoms with Crippen LogP contribution in [0.3, 0.4) is 0 Å². The van der Waals surface area contributed by atoms with Gasteiger partial charge in [-0.1, -0.05) is 44.9 Å². The maximum atomic E-state index is 3.24. The SMILES string of the molecule is CC(C)(C)CC(C)(C)[NH2+]CC#Cc1ccccc1. The molecule has 0 unspecified atom stereocenters. The maximum absolute atomic E-state index is 3.24. The summed E-state index contributed by atoms with van der Waals surface area (Å²) < 4.78 is 0. The fourth-order valence-electron chi connectivity index (χ4n) is 2.44. The Labute approximate surface area is 112 Å². The molecule has 1 aromatic rings. The molecule has 0 aromatic heterocycles. The molecule has 0 saturated heterocycles. The van der Waals surface area contributed by atoms with Crippen molar-refractivity contribution < 1.29 is 5.32 Å². The van der Waals surface area contributed by atoms with Gasteiger partial charge in [0, 0.05) is 12.0 Å². The van der Waals surface area contributed by atoms with Gasteiger partial charge in [0.25, 0.3) is 0 Å². The molecule has 0 heterocycles. The van der Waals surface area contributed by atoms with E-state index in [4.69, 9.17) is 0 Å². The van der Waals surface area contributed by atoms with E-state index >= 15 is 0 Å². The lowest BCUT2D eigenvalue weighted by molar-refractivity contribution is -0.713. The van der Waals surface area contributed by atoms with Crippen LogP contribution in [0.1, 0.15) is 46.6 Å². The number of nitrogens with two attached hydrogens (primary N) is 1. The molecule has 0 saturated carbocycles. The van der Waals surface area contributed by atoms with E-state index in [1.54, 1.807) is 0 Å². The lowest BCUT2D eigenvalue weighted by atomic mass is 9.82. The molecular formula is C17H26N+. The van der Waals surface area contributed by atoms with Crippen molar-refractivity contribution in [1.29, 1.82) is 0 Å². The fraction of sp³-hybridized carbons (Fsp3) is 0.529. The molecule has 98 valence electrons. The highest BCUT2D eigenvalue weighted by Crippen LogP contribution is 2.24. The second-order valence-corrected chi connectivity index (χ2v) is 6.80. The average molecular weight is 244 g/mol. The molecule has 1 heteroatoms. The zero-order chi connectivity index (χ0) is 13.6. The summed E-state index contributed by atoms with van der Waals surface area (Å²) in [5.74, 6) is 6.44. The van der Waals surface area contributed by atoms with E-state index in [0.717, 1.165) is 12.1 Å². The van der Waals surface area contributed by atoms with E-state index in [1.807, 2.05) is 30.3 Å². The molecule has 0 radical (unpaired) electrons. The van der Waals surface area contributed by atoms with E-state index in [-0.39, 0.29) is 5.54 Å². The Bertz CT molecular complexity index is 412. The van der Waals surface area contributed by atoms with Gasteiger partial charge in [0.1, 0.15) is 6.54 Å². The molecule has 1 rings (SSSR count). The van der Waals surface area contributed by atoms with E-state index < -0.39 is 0 Å². The molecule has 0 atom stereocenters. The molecule has 0 spiro atoms. The Kier molecular flexibility index (Phi) is 4.99. The summed E-state index contributed by atoms with van der Waals surface area (Å²) in [6, 6.07) is 10.2. The molecule has 1 aromatic carbocycles. The molecule has 0 aliphatic heterocycles. The number of quaternary nitrogens is 1. The zero-order valence-corrected chi connectivity index (χ0v) is 12.4. The van der Waals surface area contributed by atoms with Crippen LogP contribution in [-0.2, 0) is 0 Å². The van der Waals surface area contributed by atoms with Gasteiger partial charge < -0.3 is 5.32 Å². The van der Waals surface area contributed by atoms with Crippen molar-refractivity contribution in [2.45, 2.75) is 46.6 Å². The summed E-state index contributed by atoms with van der Waals surface area (Å²) in [7, 11) is 0. The summed E-state index contributed by atoms with van der Waals surface area (Å²) in [6.07, 6.45) is 1.19. The Hall–Kier alpha value is -1.26. The van der Waals surface area contributed by atoms with Crippen LogP contribution < -0.4 is 5.32 Å². The minimum absolute atomic E-state index is 0.254. The third-order valence-electron chi connectivity index (χ3n) is 2.75. The quantitative estimate of drug-likeness (QED) is 0.787. The van der Waals surface area contributed by atoms with Gasteiger partial charge in [-0.15, -0.1) is 0 Å². The Morgan fingerprint density at radius 1 is 1.00 bits per heavy atom. The first-order chi connectivity index (χ1) is 8.29. The van der Waals surface area contributed by atoms with Crippen molar-refractivity contribution in [3.8, 4) is 11.8 Å². The normalized spacial score (nSPS) is 11.8. The monoisotopic (exact) mass is 244 g/mol. The first-order valence-electron chi connectivity index (χ1n) is 6.67. The highest BCUT2D eigenvalue weighted by molar-refractivity contribution is 5.33. The van der Waals surface area contributed by atoms with Gasteiger partial charge in [0.15, 0.2) is 0 Å². The summed E-state index contributed by atoms with van der Waals surface area (Å²) >= 11 is 0. The third kappa shape index (κ3) is 6.47. The van der Waals surface area contributed by atoms with Crippen LogP contribution in [0.5, 0.6) is 0 Å². The molecular weight excluding hydrogens is 218 g/mol. The molecule has 0 aliphatic rings. The molecule has 0 bridgehead atoms. The van der Waals surface area contributed by atoms with E-state index in [0.29, 0.717) is 5.41 Å². The average Bonchev–Trinajstić information content (AvgIpc) is 2.23. The largest absolute Gasteiger partial charge is 0.332 e. The van der Waals surface area contributed by atoms with Crippen molar-refractivity contribution in [2.24, 2.45) is 5.41 Å². The zero-order valence-electron chi connectivity index (χ0n) is 12.4. The van der Waals surface area contributed by atoms with Gasteiger partial charge in [0.2, 0.25) is 0 Å². The van der Waals surface area contributed by atoms with Crippen LogP contribution in [0, 0.1) is 17.3 Å². The first-order valence-corrected chi connectivity index (χ1v) is 6.67. The smallest absolute Gasteiger partial charge is 0.138 e. The summed E-state index contributed by atoms with van der Waals surface area (Å²) in [4.78, 5) is 0. The lowest BCUT2D eigenvalue weighted by Gasteiger charge is -2.29. The second-order valence-electron chi connectivity index (χ2n) is 6.80. The van der Waals surface area contributed by atoms with Gasteiger partial charge in [0.05, 0.1) is 5.54 Å². The Balaban J connectivity index is 2.45. The summed E-state index contributed by atoms with van der Waals surface area (Å²) in [6.45, 7) is 12.3. The van der Waals surface area contributed by atoms with E-state index in [2.05, 4.69) is 51.8 Å². The summed E-state index contributed by atoms with van der Waals surface area (Å²) in [5.41, 5.74) is 1.72. The molecule has 0 amide bonds. The van der Waals surface area contributed by atoms with E-state index in [1.165, 1.54) is 6.42 Å². The number of hydrogen-bond acceptors (Lipinski definition) is 0. The van der Waals surface area contributed by atoms with Gasteiger partial charge in [-0.05, 0) is 37.3 Å². The summed E-state index contributed by atoms with van der Waals surface area (Å²) in [5, 5.41) is 2.34. The highest BCUT2D eigenvalue weighted by atomic mass is 14.9. The van der Waals surface area contributed by atoms with Crippen LogP contribution in [0.2, 0.25) is 0 Å². The predicted octanol–water partition coefficient (Wildman–Crippen LogP) is 2.82. The highest BCUT2D eigenvalue weighted by Gasteiger charge is 2.27. The van der Waals surface area contributed by atoms with Crippen LogP contribution in [0.4, 0.5) is 0 Å². The molecule has 2 N–H and O–H groups in total. The molecule has 1 nitrogen and oxygen atoms in total. The Morgan fingerprint density at radius 3 is 2.17 bits per heavy atom. The van der Waals surface area contributed by atoms with Crippen molar-refractivity contribution in [3.05, 3.63) is 35.9 Å². The standard InChI is InChI=1S/C17H25N/c1-16(2,3)14-17(4,5)18-13-9-12-15-10-7-6-8-11-15/h6-8,10-11,18H,13-14H2,1-5H3/p+1. The lowest BCUT2D eigenvalue weighted by Crippen LogP contribution is -2.95. The van der Waals surface area contributed by atoms with Crippen LogP contribution in [0.15, 0.2) is 30.3 Å². The van der Waals surface area contributed by atoms with Gasteiger partial charge >= 0.3 is 0 Å². The van der Waals surface area contributed by atoms with Crippen molar-refractivity contribution in [3.63, 3.8) is 0 Å². The second kappa shape index (κ2) is 6.07. The van der Waals surface area contributed by atoms with Crippen molar-refractivity contribution in [1.82, 2.24) is 0 Å².